The molecule has 0 aromatic carbocycles. The Morgan fingerprint density at radius 2 is 2.05 bits per heavy atom. The number of nitrogens with two attached hydrogens (primary N) is 1. The maximum Gasteiger partial charge on any atom is 0.145 e. The van der Waals surface area contributed by atoms with Crippen LogP contribution >= 0.6 is 0 Å². The fourth-order valence-electron chi connectivity index (χ4n) is 1.99. The second kappa shape index (κ2) is 7.22. The van der Waals surface area contributed by atoms with Crippen LogP contribution in [0.3, 0.4) is 0 Å². The highest BCUT2D eigenvalue weighted by molar-refractivity contribution is 5.46. The van der Waals surface area contributed by atoms with Crippen LogP contribution in [0.2, 0.25) is 0 Å². The SMILES string of the molecule is CCc1nc(NN)cc(NCCN2CCOCC2)n1. The summed E-state index contributed by atoms with van der Waals surface area (Å²) in [5.41, 5.74) is 2.56. The number of morpholine rings is 1. The highest BCUT2D eigenvalue weighted by atomic mass is 16.5. The van der Waals surface area contributed by atoms with Gasteiger partial charge in [-0.1, -0.05) is 6.92 Å². The number of ether oxygens (including phenoxy) is 1. The lowest BCUT2D eigenvalue weighted by Gasteiger charge is -2.26. The number of aromatic nitrogens is 2. The van der Waals surface area contributed by atoms with Gasteiger partial charge in [0.25, 0.3) is 0 Å². The Bertz CT molecular complexity index is 372. The number of hydrogen-bond acceptors (Lipinski definition) is 7. The number of nitrogens with one attached hydrogen (secondary N) is 2. The van der Waals surface area contributed by atoms with Crippen molar-refractivity contribution in [3.05, 3.63) is 11.9 Å². The number of nitrogen functional groups attached to an aromatic ring is 1. The lowest BCUT2D eigenvalue weighted by atomic mass is 10.4. The number of nitrogens with zero attached hydrogens (tertiary/aromatic N) is 3. The zero-order valence-electron chi connectivity index (χ0n) is 11.4. The summed E-state index contributed by atoms with van der Waals surface area (Å²) in [5, 5.41) is 3.31. The Morgan fingerprint density at radius 3 is 2.74 bits per heavy atom. The van der Waals surface area contributed by atoms with Gasteiger partial charge >= 0.3 is 0 Å². The largest absolute Gasteiger partial charge is 0.379 e. The van der Waals surface area contributed by atoms with Crippen LogP contribution in [0.5, 0.6) is 0 Å². The second-order valence-electron chi connectivity index (χ2n) is 4.43. The van der Waals surface area contributed by atoms with Crippen molar-refractivity contribution < 1.29 is 4.74 Å². The van der Waals surface area contributed by atoms with Crippen molar-refractivity contribution in [3.63, 3.8) is 0 Å². The first-order valence-electron chi connectivity index (χ1n) is 6.70. The van der Waals surface area contributed by atoms with Gasteiger partial charge in [0.2, 0.25) is 0 Å². The van der Waals surface area contributed by atoms with E-state index in [4.69, 9.17) is 10.6 Å². The Morgan fingerprint density at radius 1 is 1.32 bits per heavy atom. The molecule has 1 aromatic heterocycles. The number of hydrazine groups is 1. The molecule has 7 nitrogen and oxygen atoms in total. The van der Waals surface area contributed by atoms with Crippen LogP contribution in [0.15, 0.2) is 6.07 Å². The normalized spacial score (nSPS) is 16.3. The first kappa shape index (κ1) is 14.0. The maximum absolute atomic E-state index is 5.40. The molecule has 19 heavy (non-hydrogen) atoms. The average molecular weight is 266 g/mol. The van der Waals surface area contributed by atoms with Crippen molar-refractivity contribution >= 4 is 11.6 Å². The minimum absolute atomic E-state index is 0.640. The molecule has 2 rings (SSSR count). The molecule has 0 radical (unpaired) electrons. The molecule has 0 spiro atoms. The minimum Gasteiger partial charge on any atom is -0.379 e. The number of hydrogen-bond donors (Lipinski definition) is 3. The van der Waals surface area contributed by atoms with Gasteiger partial charge in [-0.3, -0.25) is 4.90 Å². The number of aryl methyl sites for hydroxylation is 1. The van der Waals surface area contributed by atoms with Gasteiger partial charge in [-0.25, -0.2) is 15.8 Å². The van der Waals surface area contributed by atoms with Gasteiger partial charge in [-0.15, -0.1) is 0 Å². The monoisotopic (exact) mass is 266 g/mol. The summed E-state index contributed by atoms with van der Waals surface area (Å²) in [5.74, 6) is 7.63. The lowest BCUT2D eigenvalue weighted by molar-refractivity contribution is 0.0398. The summed E-state index contributed by atoms with van der Waals surface area (Å²) in [6.45, 7) is 7.52. The highest BCUT2D eigenvalue weighted by Crippen LogP contribution is 2.10. The third-order valence-electron chi connectivity index (χ3n) is 3.07. The molecule has 1 aromatic rings. The molecule has 0 unspecified atom stereocenters. The number of rotatable bonds is 6. The summed E-state index contributed by atoms with van der Waals surface area (Å²) < 4.78 is 5.32. The molecule has 0 bridgehead atoms. The van der Waals surface area contributed by atoms with Crippen LogP contribution in [-0.4, -0.2) is 54.3 Å². The summed E-state index contributed by atoms with van der Waals surface area (Å²) in [6.07, 6.45) is 0.785. The molecule has 2 heterocycles. The van der Waals surface area contributed by atoms with Crippen LogP contribution in [-0.2, 0) is 11.2 Å². The Kier molecular flexibility index (Phi) is 5.31. The zero-order valence-corrected chi connectivity index (χ0v) is 11.4. The number of anilines is 2. The first-order valence-corrected chi connectivity index (χ1v) is 6.70. The lowest BCUT2D eigenvalue weighted by Crippen LogP contribution is -2.39. The molecule has 106 valence electrons. The fourth-order valence-corrected chi connectivity index (χ4v) is 1.99. The molecule has 1 aliphatic rings. The minimum atomic E-state index is 0.640. The van der Waals surface area contributed by atoms with Gasteiger partial charge in [0.1, 0.15) is 17.5 Å². The third-order valence-corrected chi connectivity index (χ3v) is 3.07. The molecule has 7 heteroatoms. The Hall–Kier alpha value is -1.44. The van der Waals surface area contributed by atoms with E-state index in [1.807, 2.05) is 13.0 Å². The van der Waals surface area contributed by atoms with E-state index in [0.29, 0.717) is 5.82 Å². The molecule has 1 aliphatic heterocycles. The van der Waals surface area contributed by atoms with E-state index in [0.717, 1.165) is 57.5 Å². The maximum atomic E-state index is 5.40. The molecule has 1 fully saturated rings. The predicted molar refractivity (Wildman–Crippen MR) is 75.0 cm³/mol. The predicted octanol–water partition coefficient (Wildman–Crippen LogP) is 0.0687. The van der Waals surface area contributed by atoms with Gasteiger partial charge in [0.15, 0.2) is 0 Å². The molecule has 0 aliphatic carbocycles. The van der Waals surface area contributed by atoms with Crippen molar-refractivity contribution in [2.45, 2.75) is 13.3 Å². The standard InChI is InChI=1S/C12H22N6O/c1-2-10-15-11(9-12(16-10)17-13)14-3-4-18-5-7-19-8-6-18/h9H,2-8,13H2,1H3,(H2,14,15,16,17). The van der Waals surface area contributed by atoms with Gasteiger partial charge in [-0.2, -0.15) is 0 Å². The molecular weight excluding hydrogens is 244 g/mol. The van der Waals surface area contributed by atoms with Crippen molar-refractivity contribution in [1.82, 2.24) is 14.9 Å². The summed E-state index contributed by atoms with van der Waals surface area (Å²) in [4.78, 5) is 11.1. The topological polar surface area (TPSA) is 88.3 Å². The summed E-state index contributed by atoms with van der Waals surface area (Å²) >= 11 is 0. The van der Waals surface area contributed by atoms with E-state index in [1.165, 1.54) is 0 Å². The van der Waals surface area contributed by atoms with Crippen LogP contribution in [0.4, 0.5) is 11.6 Å². The van der Waals surface area contributed by atoms with Gasteiger partial charge < -0.3 is 15.5 Å². The highest BCUT2D eigenvalue weighted by Gasteiger charge is 2.09. The molecule has 1 saturated heterocycles. The van der Waals surface area contributed by atoms with E-state index in [9.17, 15) is 0 Å². The van der Waals surface area contributed by atoms with E-state index < -0.39 is 0 Å². The van der Waals surface area contributed by atoms with Gasteiger partial charge in [0.05, 0.1) is 13.2 Å². The van der Waals surface area contributed by atoms with E-state index in [-0.39, 0.29) is 0 Å². The molecule has 0 atom stereocenters. The van der Waals surface area contributed by atoms with Crippen LogP contribution in [0, 0.1) is 0 Å². The smallest absolute Gasteiger partial charge is 0.145 e. The molecule has 0 saturated carbocycles. The van der Waals surface area contributed by atoms with Crippen molar-refractivity contribution in [2.24, 2.45) is 5.84 Å². The zero-order chi connectivity index (χ0) is 13.5. The van der Waals surface area contributed by atoms with Gasteiger partial charge in [-0.05, 0) is 0 Å². The van der Waals surface area contributed by atoms with E-state index in [1.54, 1.807) is 0 Å². The van der Waals surface area contributed by atoms with E-state index in [2.05, 4.69) is 25.6 Å². The molecule has 0 amide bonds. The molecule has 4 N–H and O–H groups in total. The Balaban J connectivity index is 1.84. The van der Waals surface area contributed by atoms with Crippen molar-refractivity contribution in [1.29, 1.82) is 0 Å². The first-order chi connectivity index (χ1) is 9.31. The molecular formula is C12H22N6O. The third kappa shape index (κ3) is 4.30. The summed E-state index contributed by atoms with van der Waals surface area (Å²) in [7, 11) is 0. The average Bonchev–Trinajstić information content (AvgIpc) is 2.48. The van der Waals surface area contributed by atoms with Crippen LogP contribution in [0.1, 0.15) is 12.7 Å². The summed E-state index contributed by atoms with van der Waals surface area (Å²) in [6, 6.07) is 1.82. The van der Waals surface area contributed by atoms with Gasteiger partial charge in [0, 0.05) is 38.7 Å². The van der Waals surface area contributed by atoms with Crippen molar-refractivity contribution in [3.8, 4) is 0 Å². The fraction of sp³-hybridized carbons (Fsp3) is 0.667. The van der Waals surface area contributed by atoms with Crippen molar-refractivity contribution in [2.75, 3.05) is 50.1 Å². The second-order valence-corrected chi connectivity index (χ2v) is 4.43. The Labute approximate surface area is 113 Å². The quantitative estimate of drug-likeness (QED) is 0.496. The van der Waals surface area contributed by atoms with E-state index >= 15 is 0 Å². The van der Waals surface area contributed by atoms with Crippen LogP contribution < -0.4 is 16.6 Å². The van der Waals surface area contributed by atoms with Crippen LogP contribution in [0.25, 0.3) is 0 Å².